The molecule has 51 heavy (non-hydrogen) atoms. The van der Waals surface area contributed by atoms with Crippen LogP contribution in [0.2, 0.25) is 0 Å². The van der Waals surface area contributed by atoms with Crippen LogP contribution in [0.1, 0.15) is 12.8 Å². The zero-order valence-corrected chi connectivity index (χ0v) is 30.5. The minimum atomic E-state index is -0.379. The number of hydrogen-bond donors (Lipinski definition) is 2. The molecule has 300 valence electrons. The Bertz CT molecular complexity index is 830. The van der Waals surface area contributed by atoms with Crippen molar-refractivity contribution in [3.05, 3.63) is 0 Å². The Balaban J connectivity index is 1.63. The number of hydrogen-bond acceptors (Lipinski definition) is 15. The molecule has 0 aromatic carbocycles. The van der Waals surface area contributed by atoms with Crippen molar-refractivity contribution < 1.29 is 71.2 Å². The largest absolute Gasteiger partial charge is 0.379 e. The molecule has 1 aliphatic heterocycles. The zero-order chi connectivity index (χ0) is 36.9. The first-order chi connectivity index (χ1) is 25.0. The second-order valence-corrected chi connectivity index (χ2v) is 11.0. The number of primary amides is 1. The van der Waals surface area contributed by atoms with E-state index < -0.39 is 0 Å². The van der Waals surface area contributed by atoms with E-state index in [9.17, 15) is 14.4 Å². The molecule has 18 nitrogen and oxygen atoms in total. The maximum absolute atomic E-state index is 12.0. The summed E-state index contributed by atoms with van der Waals surface area (Å²) in [6, 6.07) is 0. The van der Waals surface area contributed by atoms with Gasteiger partial charge in [0.1, 0.15) is 0 Å². The first-order valence-electron chi connectivity index (χ1n) is 17.7. The highest BCUT2D eigenvalue weighted by molar-refractivity contribution is 5.89. The van der Waals surface area contributed by atoms with E-state index in [0.717, 1.165) is 0 Å². The van der Waals surface area contributed by atoms with Crippen LogP contribution < -0.4 is 11.1 Å². The number of rotatable bonds is 40. The fourth-order valence-corrected chi connectivity index (χ4v) is 4.12. The molecule has 0 bridgehead atoms. The maximum Gasteiger partial charge on any atom is 0.225 e. The average molecular weight is 742 g/mol. The van der Waals surface area contributed by atoms with Crippen LogP contribution in [0, 0.1) is 5.92 Å². The van der Waals surface area contributed by atoms with Gasteiger partial charge >= 0.3 is 0 Å². The van der Waals surface area contributed by atoms with Crippen LogP contribution in [-0.2, 0) is 71.2 Å². The van der Waals surface area contributed by atoms with E-state index in [1.54, 1.807) is 11.9 Å². The third-order valence-corrected chi connectivity index (χ3v) is 6.84. The normalized spacial score (nSPS) is 14.5. The third kappa shape index (κ3) is 32.3. The Labute approximate surface area is 302 Å². The number of nitrogens with two attached hydrogens (primary N) is 1. The second-order valence-electron chi connectivity index (χ2n) is 11.0. The number of carbonyl (C=O) groups excluding carboxylic acids is 3. The molecule has 0 aromatic heterocycles. The summed E-state index contributed by atoms with van der Waals surface area (Å²) in [4.78, 5) is 35.6. The van der Waals surface area contributed by atoms with E-state index in [-0.39, 0.29) is 36.5 Å². The van der Waals surface area contributed by atoms with Crippen molar-refractivity contribution in [3.8, 4) is 0 Å². The van der Waals surface area contributed by atoms with E-state index in [2.05, 4.69) is 5.32 Å². The first-order valence-corrected chi connectivity index (χ1v) is 17.7. The lowest BCUT2D eigenvalue weighted by atomic mass is 10.1. The molecule has 1 heterocycles. The fourth-order valence-electron chi connectivity index (χ4n) is 4.12. The van der Waals surface area contributed by atoms with Crippen LogP contribution in [-0.4, -0.2) is 201 Å². The average Bonchev–Trinajstić information content (AvgIpc) is 3.46. The number of likely N-dealkylation sites (tertiary alicyclic amines) is 1. The highest BCUT2D eigenvalue weighted by Crippen LogP contribution is 2.15. The number of nitrogens with zero attached hydrogens (tertiary/aromatic N) is 1. The lowest BCUT2D eigenvalue weighted by molar-refractivity contribution is -0.128. The predicted octanol–water partition coefficient (Wildman–Crippen LogP) is -1.34. The highest BCUT2D eigenvalue weighted by atomic mass is 16.6. The molecule has 0 radical (unpaired) electrons. The molecule has 1 saturated heterocycles. The van der Waals surface area contributed by atoms with Crippen LogP contribution >= 0.6 is 0 Å². The van der Waals surface area contributed by atoms with Gasteiger partial charge in [-0.2, -0.15) is 0 Å². The molecule has 0 saturated carbocycles. The van der Waals surface area contributed by atoms with E-state index in [0.29, 0.717) is 172 Å². The van der Waals surface area contributed by atoms with Gasteiger partial charge in [0.15, 0.2) is 0 Å². The smallest absolute Gasteiger partial charge is 0.225 e. The highest BCUT2D eigenvalue weighted by Gasteiger charge is 2.31. The van der Waals surface area contributed by atoms with Crippen molar-refractivity contribution in [1.82, 2.24) is 10.2 Å². The third-order valence-electron chi connectivity index (χ3n) is 6.84. The quantitative estimate of drug-likeness (QED) is 0.0698. The van der Waals surface area contributed by atoms with Gasteiger partial charge in [-0.1, -0.05) is 0 Å². The Kier molecular flexibility index (Phi) is 33.4. The molecular weight excluding hydrogens is 678 g/mol. The number of carbonyl (C=O) groups is 3. The van der Waals surface area contributed by atoms with Crippen LogP contribution in [0.4, 0.5) is 0 Å². The summed E-state index contributed by atoms with van der Waals surface area (Å²) in [5.41, 5.74) is 5.02. The molecule has 3 amide bonds. The second kappa shape index (κ2) is 36.3. The topological polar surface area (TPSA) is 203 Å². The van der Waals surface area contributed by atoms with Crippen molar-refractivity contribution in [2.45, 2.75) is 12.8 Å². The van der Waals surface area contributed by atoms with Gasteiger partial charge in [0.2, 0.25) is 17.7 Å². The molecule has 1 rings (SSSR count). The molecule has 3 N–H and O–H groups in total. The monoisotopic (exact) mass is 741 g/mol. The SMILES string of the molecule is CN1CC(C(=O)NCCOCCOCCOCCOCCOCCOCCOCCOCCOCCOCCOCCOCCC(N)=O)CC1=O. The minimum Gasteiger partial charge on any atom is -0.379 e. The molecule has 1 unspecified atom stereocenters. The zero-order valence-electron chi connectivity index (χ0n) is 30.5. The van der Waals surface area contributed by atoms with E-state index in [1.807, 2.05) is 0 Å². The maximum atomic E-state index is 12.0. The van der Waals surface area contributed by atoms with Crippen molar-refractivity contribution in [2.24, 2.45) is 11.7 Å². The minimum absolute atomic E-state index is 0.000940. The Morgan fingerprint density at radius 1 is 0.529 bits per heavy atom. The van der Waals surface area contributed by atoms with Crippen molar-refractivity contribution in [3.63, 3.8) is 0 Å². The van der Waals surface area contributed by atoms with Crippen molar-refractivity contribution in [1.29, 1.82) is 0 Å². The molecule has 1 aliphatic rings. The lowest BCUT2D eigenvalue weighted by Crippen LogP contribution is -2.34. The van der Waals surface area contributed by atoms with E-state index in [4.69, 9.17) is 62.6 Å². The van der Waals surface area contributed by atoms with Gasteiger partial charge in [-0.25, -0.2) is 0 Å². The van der Waals surface area contributed by atoms with E-state index >= 15 is 0 Å². The van der Waals surface area contributed by atoms with E-state index in [1.165, 1.54) is 0 Å². The summed E-state index contributed by atoms with van der Waals surface area (Å²) >= 11 is 0. The van der Waals surface area contributed by atoms with Crippen LogP contribution in [0.15, 0.2) is 0 Å². The first kappa shape index (κ1) is 47.0. The van der Waals surface area contributed by atoms with Crippen LogP contribution in [0.5, 0.6) is 0 Å². The van der Waals surface area contributed by atoms with Gasteiger partial charge in [0.05, 0.1) is 164 Å². The Morgan fingerprint density at radius 2 is 0.804 bits per heavy atom. The summed E-state index contributed by atoms with van der Waals surface area (Å²) in [5, 5.41) is 2.80. The van der Waals surface area contributed by atoms with Gasteiger partial charge in [0, 0.05) is 33.0 Å². The van der Waals surface area contributed by atoms with Crippen molar-refractivity contribution in [2.75, 3.05) is 179 Å². The molecule has 1 fully saturated rings. The molecule has 0 aromatic rings. The van der Waals surface area contributed by atoms with Crippen molar-refractivity contribution >= 4 is 17.7 Å². The summed E-state index contributed by atoms with van der Waals surface area (Å²) in [6.07, 6.45) is 0.485. The molecule has 1 atom stereocenters. The molecule has 0 aliphatic carbocycles. The van der Waals surface area contributed by atoms with Crippen LogP contribution in [0.3, 0.4) is 0 Å². The van der Waals surface area contributed by atoms with Gasteiger partial charge < -0.3 is 72.8 Å². The molecular formula is C33H63N3O15. The number of nitrogens with one attached hydrogen (secondary N) is 1. The Morgan fingerprint density at radius 3 is 1.06 bits per heavy atom. The standard InChI is InChI=1S/C33H63N3O15/c1-36-29-30(28-32(36)38)33(39)35-3-5-41-7-9-43-11-13-45-15-17-47-19-21-49-23-25-51-27-26-50-24-22-48-20-18-46-16-14-44-12-10-42-8-6-40-4-2-31(34)37/h30H,2-29H2,1H3,(H2,34,37)(H,35,39). The number of ether oxygens (including phenoxy) is 12. The Hall–Kier alpha value is -2.07. The van der Waals surface area contributed by atoms with Gasteiger partial charge in [-0.3, -0.25) is 14.4 Å². The summed E-state index contributed by atoms with van der Waals surface area (Å²) in [5.74, 6) is -0.761. The predicted molar refractivity (Wildman–Crippen MR) is 182 cm³/mol. The molecule has 0 spiro atoms. The van der Waals surface area contributed by atoms with Gasteiger partial charge in [-0.05, 0) is 0 Å². The van der Waals surface area contributed by atoms with Gasteiger partial charge in [0.25, 0.3) is 0 Å². The lowest BCUT2D eigenvalue weighted by Gasteiger charge is -2.11. The number of amides is 3. The summed E-state index contributed by atoms with van der Waals surface area (Å²) < 4.78 is 65.1. The summed E-state index contributed by atoms with van der Waals surface area (Å²) in [7, 11) is 1.70. The van der Waals surface area contributed by atoms with Crippen LogP contribution in [0.25, 0.3) is 0 Å². The molecule has 18 heteroatoms. The van der Waals surface area contributed by atoms with Gasteiger partial charge in [-0.15, -0.1) is 0 Å². The fraction of sp³-hybridized carbons (Fsp3) is 0.909. The summed E-state index contributed by atoms with van der Waals surface area (Å²) in [6.45, 7) is 11.9.